The van der Waals surface area contributed by atoms with Crippen molar-refractivity contribution in [1.29, 1.82) is 0 Å². The maximum atomic E-state index is 11.1. The van der Waals surface area contributed by atoms with Crippen molar-refractivity contribution >= 4 is 5.91 Å². The maximum absolute atomic E-state index is 11.1. The van der Waals surface area contributed by atoms with Gasteiger partial charge < -0.3 is 16.2 Å². The largest absolute Gasteiger partial charge is 0.508 e. The molecule has 0 radical (unpaired) electrons. The molecule has 0 fully saturated rings. The fourth-order valence-electron chi connectivity index (χ4n) is 1.02. The van der Waals surface area contributed by atoms with Gasteiger partial charge in [0, 0.05) is 24.7 Å². The summed E-state index contributed by atoms with van der Waals surface area (Å²) >= 11 is 0. The normalized spacial score (nSPS) is 9.69. The van der Waals surface area contributed by atoms with E-state index in [0.29, 0.717) is 11.1 Å². The first-order valence-corrected chi connectivity index (χ1v) is 3.93. The van der Waals surface area contributed by atoms with Crippen LogP contribution in [0.3, 0.4) is 0 Å². The first-order valence-electron chi connectivity index (χ1n) is 3.93. The van der Waals surface area contributed by atoms with Gasteiger partial charge in [-0.1, -0.05) is 6.07 Å². The van der Waals surface area contributed by atoms with Gasteiger partial charge >= 0.3 is 0 Å². The number of hydrogen-bond acceptors (Lipinski definition) is 3. The van der Waals surface area contributed by atoms with E-state index in [1.807, 2.05) is 0 Å². The molecule has 1 aromatic rings. The highest BCUT2D eigenvalue weighted by Gasteiger charge is 2.05. The molecule has 0 atom stereocenters. The lowest BCUT2D eigenvalue weighted by molar-refractivity contribution is 0.0962. The Morgan fingerprint density at radius 1 is 1.62 bits per heavy atom. The van der Waals surface area contributed by atoms with Crippen LogP contribution in [-0.4, -0.2) is 18.1 Å². The molecule has 1 rings (SSSR count). The van der Waals surface area contributed by atoms with Crippen molar-refractivity contribution in [1.82, 2.24) is 5.32 Å². The van der Waals surface area contributed by atoms with Gasteiger partial charge in [0.25, 0.3) is 5.91 Å². The quantitative estimate of drug-likeness (QED) is 0.609. The Balaban J connectivity index is 3.02. The van der Waals surface area contributed by atoms with Crippen LogP contribution in [0.2, 0.25) is 0 Å². The molecule has 0 aliphatic rings. The fraction of sp³-hybridized carbons (Fsp3) is 0.222. The Labute approximate surface area is 76.4 Å². The summed E-state index contributed by atoms with van der Waals surface area (Å²) < 4.78 is 0. The maximum Gasteiger partial charge on any atom is 0.251 e. The molecule has 0 saturated carbocycles. The highest BCUT2D eigenvalue weighted by Crippen LogP contribution is 2.17. The number of amides is 1. The van der Waals surface area contributed by atoms with E-state index in [-0.39, 0.29) is 18.2 Å². The number of hydrogen-bond donors (Lipinski definition) is 3. The molecule has 0 heterocycles. The number of phenols is 1. The molecule has 0 saturated heterocycles. The number of aromatic hydroxyl groups is 1. The average Bonchev–Trinajstić information content (AvgIpc) is 2.16. The first kappa shape index (κ1) is 9.54. The van der Waals surface area contributed by atoms with Crippen LogP contribution in [0, 0.1) is 0 Å². The third-order valence-corrected chi connectivity index (χ3v) is 1.79. The molecule has 0 spiro atoms. The molecule has 1 amide bonds. The zero-order valence-electron chi connectivity index (χ0n) is 7.37. The van der Waals surface area contributed by atoms with Crippen LogP contribution in [0.25, 0.3) is 0 Å². The summed E-state index contributed by atoms with van der Waals surface area (Å²) in [6.07, 6.45) is 0. The smallest absolute Gasteiger partial charge is 0.251 e. The van der Waals surface area contributed by atoms with Gasteiger partial charge in [-0.3, -0.25) is 4.79 Å². The minimum absolute atomic E-state index is 0.0589. The predicted molar refractivity (Wildman–Crippen MR) is 49.4 cm³/mol. The standard InChI is InChI=1S/C9H12N2O2/c1-11-9(13)6-2-3-7(5-10)8(12)4-6/h2-4,12H,5,10H2,1H3,(H,11,13). The van der Waals surface area contributed by atoms with Gasteiger partial charge in [0.1, 0.15) is 5.75 Å². The second-order valence-electron chi connectivity index (χ2n) is 2.63. The van der Waals surface area contributed by atoms with Gasteiger partial charge in [-0.25, -0.2) is 0 Å². The number of rotatable bonds is 2. The Morgan fingerprint density at radius 2 is 2.31 bits per heavy atom. The number of carbonyl (C=O) groups excluding carboxylic acids is 1. The lowest BCUT2D eigenvalue weighted by Crippen LogP contribution is -2.17. The number of carbonyl (C=O) groups is 1. The lowest BCUT2D eigenvalue weighted by Gasteiger charge is -2.04. The predicted octanol–water partition coefficient (Wildman–Crippen LogP) is 0.211. The van der Waals surface area contributed by atoms with E-state index in [0.717, 1.165) is 0 Å². The zero-order chi connectivity index (χ0) is 9.84. The van der Waals surface area contributed by atoms with Crippen molar-refractivity contribution in [2.45, 2.75) is 6.54 Å². The second-order valence-corrected chi connectivity index (χ2v) is 2.63. The van der Waals surface area contributed by atoms with Gasteiger partial charge in [0.2, 0.25) is 0 Å². The van der Waals surface area contributed by atoms with Crippen molar-refractivity contribution in [2.24, 2.45) is 5.73 Å². The van der Waals surface area contributed by atoms with E-state index in [9.17, 15) is 9.90 Å². The Morgan fingerprint density at radius 3 is 2.77 bits per heavy atom. The van der Waals surface area contributed by atoms with Crippen molar-refractivity contribution in [3.05, 3.63) is 29.3 Å². The Hall–Kier alpha value is -1.55. The first-order chi connectivity index (χ1) is 6.19. The highest BCUT2D eigenvalue weighted by atomic mass is 16.3. The zero-order valence-corrected chi connectivity index (χ0v) is 7.37. The molecule has 0 aliphatic carbocycles. The number of benzene rings is 1. The molecule has 4 nitrogen and oxygen atoms in total. The Bertz CT molecular complexity index is 323. The summed E-state index contributed by atoms with van der Waals surface area (Å²) in [4.78, 5) is 11.1. The van der Waals surface area contributed by atoms with Crippen LogP contribution in [0.15, 0.2) is 18.2 Å². The molecule has 4 N–H and O–H groups in total. The lowest BCUT2D eigenvalue weighted by atomic mass is 10.1. The van der Waals surface area contributed by atoms with Crippen LogP contribution in [-0.2, 0) is 6.54 Å². The molecule has 0 bridgehead atoms. The number of nitrogens with two attached hydrogens (primary N) is 1. The van der Waals surface area contributed by atoms with Gasteiger partial charge in [-0.15, -0.1) is 0 Å². The Kier molecular flexibility index (Phi) is 2.87. The van der Waals surface area contributed by atoms with E-state index in [1.165, 1.54) is 13.1 Å². The van der Waals surface area contributed by atoms with Gasteiger partial charge in [-0.05, 0) is 12.1 Å². The molecule has 4 heteroatoms. The molecular formula is C9H12N2O2. The summed E-state index contributed by atoms with van der Waals surface area (Å²) in [6.45, 7) is 0.264. The second kappa shape index (κ2) is 3.91. The van der Waals surface area contributed by atoms with Gasteiger partial charge in [-0.2, -0.15) is 0 Å². The third kappa shape index (κ3) is 1.97. The van der Waals surface area contributed by atoms with Crippen molar-refractivity contribution in [2.75, 3.05) is 7.05 Å². The highest BCUT2D eigenvalue weighted by molar-refractivity contribution is 5.94. The van der Waals surface area contributed by atoms with E-state index >= 15 is 0 Å². The van der Waals surface area contributed by atoms with E-state index in [2.05, 4.69) is 5.32 Å². The minimum atomic E-state index is -0.223. The van der Waals surface area contributed by atoms with Crippen molar-refractivity contribution < 1.29 is 9.90 Å². The van der Waals surface area contributed by atoms with Crippen LogP contribution >= 0.6 is 0 Å². The summed E-state index contributed by atoms with van der Waals surface area (Å²) in [5.41, 5.74) is 6.41. The summed E-state index contributed by atoms with van der Waals surface area (Å²) in [5, 5.41) is 11.8. The fourth-order valence-corrected chi connectivity index (χ4v) is 1.02. The van der Waals surface area contributed by atoms with Crippen LogP contribution in [0.4, 0.5) is 0 Å². The molecule has 70 valence electrons. The minimum Gasteiger partial charge on any atom is -0.508 e. The summed E-state index contributed by atoms with van der Waals surface area (Å²) in [5.74, 6) is -0.164. The molecule has 0 unspecified atom stereocenters. The number of nitrogens with one attached hydrogen (secondary N) is 1. The monoisotopic (exact) mass is 180 g/mol. The van der Waals surface area contributed by atoms with E-state index in [4.69, 9.17) is 5.73 Å². The molecular weight excluding hydrogens is 168 g/mol. The SMILES string of the molecule is CNC(=O)c1ccc(CN)c(O)c1. The van der Waals surface area contributed by atoms with E-state index < -0.39 is 0 Å². The third-order valence-electron chi connectivity index (χ3n) is 1.79. The molecule has 13 heavy (non-hydrogen) atoms. The summed E-state index contributed by atoms with van der Waals surface area (Å²) in [7, 11) is 1.54. The van der Waals surface area contributed by atoms with E-state index in [1.54, 1.807) is 12.1 Å². The van der Waals surface area contributed by atoms with Gasteiger partial charge in [0.05, 0.1) is 0 Å². The summed E-state index contributed by atoms with van der Waals surface area (Å²) in [6, 6.07) is 4.67. The molecule has 0 aliphatic heterocycles. The van der Waals surface area contributed by atoms with Crippen LogP contribution in [0.5, 0.6) is 5.75 Å². The van der Waals surface area contributed by atoms with Gasteiger partial charge in [0.15, 0.2) is 0 Å². The van der Waals surface area contributed by atoms with Crippen LogP contribution in [0.1, 0.15) is 15.9 Å². The number of phenolic OH excluding ortho intramolecular Hbond substituents is 1. The van der Waals surface area contributed by atoms with Crippen molar-refractivity contribution in [3.63, 3.8) is 0 Å². The topological polar surface area (TPSA) is 75.4 Å². The van der Waals surface area contributed by atoms with Crippen LogP contribution < -0.4 is 11.1 Å². The van der Waals surface area contributed by atoms with Crippen molar-refractivity contribution in [3.8, 4) is 5.75 Å². The average molecular weight is 180 g/mol. The molecule has 0 aromatic heterocycles. The molecule has 1 aromatic carbocycles.